The molecule has 0 bridgehead atoms. The van der Waals surface area contributed by atoms with Gasteiger partial charge >= 0.3 is 0 Å². The minimum Gasteiger partial charge on any atom is -0.484 e. The van der Waals surface area contributed by atoms with E-state index in [4.69, 9.17) is 4.74 Å². The third-order valence-electron chi connectivity index (χ3n) is 4.02. The normalized spacial score (nSPS) is 11.5. The van der Waals surface area contributed by atoms with E-state index in [1.807, 2.05) is 19.1 Å². The maximum atomic E-state index is 14.6. The molecule has 5 heteroatoms. The van der Waals surface area contributed by atoms with Crippen molar-refractivity contribution in [1.82, 2.24) is 0 Å². The van der Waals surface area contributed by atoms with E-state index in [0.29, 0.717) is 32.5 Å². The maximum Gasteiger partial charge on any atom is 0.194 e. The van der Waals surface area contributed by atoms with E-state index in [0.717, 1.165) is 6.07 Å². The number of fused-ring (bicyclic) bond motifs is 5. The van der Waals surface area contributed by atoms with Gasteiger partial charge in [0.05, 0.1) is 6.61 Å². The smallest absolute Gasteiger partial charge is 0.194 e. The molecule has 4 rings (SSSR count). The molecule has 0 saturated carbocycles. The van der Waals surface area contributed by atoms with Crippen molar-refractivity contribution in [2.45, 2.75) is 6.92 Å². The molecule has 0 fully saturated rings. The van der Waals surface area contributed by atoms with Crippen LogP contribution in [0, 0.1) is 11.6 Å². The van der Waals surface area contributed by atoms with Gasteiger partial charge in [-0.25, -0.2) is 8.78 Å². The molecule has 0 aliphatic carbocycles. The molecule has 1 aromatic heterocycles. The average molecular weight is 342 g/mol. The fraction of sp³-hybridized carbons (Fsp3) is 0.105. The van der Waals surface area contributed by atoms with E-state index in [9.17, 15) is 13.6 Å². The van der Waals surface area contributed by atoms with E-state index in [-0.39, 0.29) is 16.2 Å². The summed E-state index contributed by atoms with van der Waals surface area (Å²) in [5, 5.41) is 2.47. The summed E-state index contributed by atoms with van der Waals surface area (Å²) >= 11 is 1.33. The first kappa shape index (κ1) is 15.0. The molecular formula is C19H12F2O2S. The van der Waals surface area contributed by atoms with Crippen LogP contribution in [0.25, 0.3) is 31.6 Å². The average Bonchev–Trinajstić information content (AvgIpc) is 2.96. The molecule has 0 amide bonds. The van der Waals surface area contributed by atoms with Gasteiger partial charge in [-0.2, -0.15) is 0 Å². The van der Waals surface area contributed by atoms with Crippen LogP contribution in [0.2, 0.25) is 0 Å². The first-order chi connectivity index (χ1) is 11.6. The van der Waals surface area contributed by atoms with Gasteiger partial charge in [0.15, 0.2) is 22.1 Å². The Hall–Kier alpha value is -2.53. The van der Waals surface area contributed by atoms with Gasteiger partial charge in [0.1, 0.15) is 0 Å². The summed E-state index contributed by atoms with van der Waals surface area (Å²) in [5.74, 6) is -1.97. The Balaban J connectivity index is 2.39. The Bertz CT molecular complexity index is 1160. The lowest BCUT2D eigenvalue weighted by atomic mass is 10.1. The van der Waals surface area contributed by atoms with Gasteiger partial charge in [-0.1, -0.05) is 35.6 Å². The second kappa shape index (κ2) is 5.53. The SMILES string of the molecule is CCOc1cc2c(s1)c1ccccc1c(=O)c1ccc(F)c(F)c12. The van der Waals surface area contributed by atoms with Crippen molar-refractivity contribution < 1.29 is 13.5 Å². The molecule has 4 aromatic rings. The zero-order chi connectivity index (χ0) is 16.8. The molecule has 24 heavy (non-hydrogen) atoms. The van der Waals surface area contributed by atoms with Crippen molar-refractivity contribution in [3.63, 3.8) is 0 Å². The highest BCUT2D eigenvalue weighted by Gasteiger charge is 2.17. The van der Waals surface area contributed by atoms with Crippen molar-refractivity contribution in [2.24, 2.45) is 0 Å². The van der Waals surface area contributed by atoms with Crippen molar-refractivity contribution in [1.29, 1.82) is 0 Å². The summed E-state index contributed by atoms with van der Waals surface area (Å²) in [7, 11) is 0. The molecule has 0 spiro atoms. The van der Waals surface area contributed by atoms with Gasteiger partial charge in [0.25, 0.3) is 0 Å². The zero-order valence-corrected chi connectivity index (χ0v) is 13.5. The maximum absolute atomic E-state index is 14.6. The molecule has 0 unspecified atom stereocenters. The number of hydrogen-bond acceptors (Lipinski definition) is 3. The zero-order valence-electron chi connectivity index (χ0n) is 12.7. The Morgan fingerprint density at radius 2 is 1.75 bits per heavy atom. The number of rotatable bonds is 2. The Morgan fingerprint density at radius 3 is 2.50 bits per heavy atom. The van der Waals surface area contributed by atoms with E-state index in [1.165, 1.54) is 17.4 Å². The van der Waals surface area contributed by atoms with Crippen molar-refractivity contribution in [3.05, 3.63) is 64.3 Å². The van der Waals surface area contributed by atoms with Crippen LogP contribution in [-0.2, 0) is 0 Å². The topological polar surface area (TPSA) is 26.3 Å². The van der Waals surface area contributed by atoms with Gasteiger partial charge < -0.3 is 4.74 Å². The predicted molar refractivity (Wildman–Crippen MR) is 94.2 cm³/mol. The highest BCUT2D eigenvalue weighted by molar-refractivity contribution is 7.21. The number of hydrogen-bond donors (Lipinski definition) is 0. The summed E-state index contributed by atoms with van der Waals surface area (Å²) in [5.41, 5.74) is -0.305. The van der Waals surface area contributed by atoms with Crippen LogP contribution in [0.3, 0.4) is 0 Å². The quantitative estimate of drug-likeness (QED) is 0.498. The molecule has 2 nitrogen and oxygen atoms in total. The van der Waals surface area contributed by atoms with Crippen LogP contribution < -0.4 is 10.2 Å². The molecule has 3 aromatic carbocycles. The third-order valence-corrected chi connectivity index (χ3v) is 5.10. The molecular weight excluding hydrogens is 330 g/mol. The number of benzene rings is 2. The van der Waals surface area contributed by atoms with Crippen LogP contribution in [-0.4, -0.2) is 6.61 Å². The minimum absolute atomic E-state index is 0.00778. The molecule has 0 atom stereocenters. The first-order valence-electron chi connectivity index (χ1n) is 7.51. The van der Waals surface area contributed by atoms with Crippen LogP contribution >= 0.6 is 11.3 Å². The van der Waals surface area contributed by atoms with E-state index >= 15 is 0 Å². The summed E-state index contributed by atoms with van der Waals surface area (Å²) in [6, 6.07) is 11.1. The van der Waals surface area contributed by atoms with Gasteiger partial charge in [0.2, 0.25) is 0 Å². The van der Waals surface area contributed by atoms with Gasteiger partial charge in [0, 0.05) is 37.7 Å². The number of ether oxygens (including phenoxy) is 1. The second-order valence-corrected chi connectivity index (χ2v) is 6.41. The first-order valence-corrected chi connectivity index (χ1v) is 8.32. The van der Waals surface area contributed by atoms with Gasteiger partial charge in [-0.3, -0.25) is 4.79 Å². The molecule has 120 valence electrons. The molecule has 0 N–H and O–H groups in total. The van der Waals surface area contributed by atoms with E-state index < -0.39 is 11.6 Å². The lowest BCUT2D eigenvalue weighted by Crippen LogP contribution is -2.00. The van der Waals surface area contributed by atoms with E-state index in [1.54, 1.807) is 18.2 Å². The number of thiophene rings is 1. The molecule has 0 aliphatic heterocycles. The molecule has 0 saturated heterocycles. The van der Waals surface area contributed by atoms with Crippen molar-refractivity contribution in [2.75, 3.05) is 6.61 Å². The molecule has 1 heterocycles. The summed E-state index contributed by atoms with van der Waals surface area (Å²) in [6.45, 7) is 2.33. The van der Waals surface area contributed by atoms with Gasteiger partial charge in [-0.15, -0.1) is 0 Å². The summed E-state index contributed by atoms with van der Waals surface area (Å²) in [4.78, 5) is 12.9. The van der Waals surface area contributed by atoms with Crippen molar-refractivity contribution >= 4 is 43.0 Å². The lowest BCUT2D eigenvalue weighted by Gasteiger charge is -1.98. The Labute approximate surface area is 139 Å². The second-order valence-electron chi connectivity index (χ2n) is 5.40. The standard InChI is InChI=1S/C19H12F2O2S/c1-2-23-15-9-13-16-12(7-8-14(20)17(16)21)18(22)10-5-3-4-6-11(10)19(13)24-15/h3-9H,2H2,1H3. The highest BCUT2D eigenvalue weighted by Crippen LogP contribution is 2.39. The Kier molecular flexibility index (Phi) is 3.46. The fourth-order valence-corrected chi connectivity index (χ4v) is 4.11. The van der Waals surface area contributed by atoms with Crippen LogP contribution in [0.15, 0.2) is 47.3 Å². The van der Waals surface area contributed by atoms with Gasteiger partial charge in [-0.05, 0) is 19.1 Å². The largest absolute Gasteiger partial charge is 0.484 e. The highest BCUT2D eigenvalue weighted by atomic mass is 32.1. The predicted octanol–water partition coefficient (Wildman–Crippen LogP) is 5.24. The molecule has 0 radical (unpaired) electrons. The summed E-state index contributed by atoms with van der Waals surface area (Å²) < 4.78 is 34.7. The number of halogens is 2. The third kappa shape index (κ3) is 2.08. The monoisotopic (exact) mass is 342 g/mol. The summed E-state index contributed by atoms with van der Waals surface area (Å²) in [6.07, 6.45) is 0. The van der Waals surface area contributed by atoms with Crippen LogP contribution in [0.1, 0.15) is 6.92 Å². The van der Waals surface area contributed by atoms with E-state index in [2.05, 4.69) is 0 Å². The fourth-order valence-electron chi connectivity index (χ4n) is 2.99. The van der Waals surface area contributed by atoms with Crippen molar-refractivity contribution in [3.8, 4) is 5.06 Å². The van der Waals surface area contributed by atoms with Crippen LogP contribution in [0.5, 0.6) is 5.06 Å². The van der Waals surface area contributed by atoms with Crippen LogP contribution in [0.4, 0.5) is 8.78 Å². The Morgan fingerprint density at radius 1 is 1.00 bits per heavy atom. The minimum atomic E-state index is -1.00. The molecule has 0 aliphatic rings. The lowest BCUT2D eigenvalue weighted by molar-refractivity contribution is 0.350.